The molecule has 1 atom stereocenters. The highest BCUT2D eigenvalue weighted by molar-refractivity contribution is 7.89. The Morgan fingerprint density at radius 3 is 1.22 bits per heavy atom. The molecule has 1 unspecified atom stereocenters. The highest BCUT2D eigenvalue weighted by atomic mass is 35.5. The zero-order chi connectivity index (χ0) is 82.8. The molecule has 0 aliphatic carbocycles. The Hall–Kier alpha value is -14.8. The van der Waals surface area contributed by atoms with Crippen molar-refractivity contribution in [3.8, 4) is 17.2 Å². The fourth-order valence-electron chi connectivity index (χ4n) is 11.2. The van der Waals surface area contributed by atoms with Gasteiger partial charge in [-0.3, -0.25) is 3.97 Å². The van der Waals surface area contributed by atoms with Gasteiger partial charge in [0.2, 0.25) is 33.8 Å². The van der Waals surface area contributed by atoms with Gasteiger partial charge in [0.1, 0.15) is 23.1 Å². The largest absolute Gasteiger partial charge is 0.495 e. The second-order valence-electron chi connectivity index (χ2n) is 25.3. The molecule has 0 saturated heterocycles. The standard InChI is InChI=1S/C17H13ClN4O3S.C14H12FN3O2.2C13H10ClN3O2.C13H10FN3O.C13H11N3O/c18-14-5-2-1-4-12(14)11-26(23,24)22-9-7-13(10-22)20-17-16-15(25-21-17)6-3-8-19-16;1-9(15)19-11-5-2-4-10(8-11)17-14-13-12(20-18-14)6-3-7-16-13;1-18-10-5-4-8(7-9(10)14)16-13-12-11(19-17-13)3-2-6-15-12;1-18-11-7-8(4-5-9(11)14)16-13-12-10(19-17-13)3-2-6-15-12;1-8-4-5-9(7-10(8)14)16-13-12-11(18-17-13)3-2-6-15-12;1-9-4-2-5-10(8-9)15-13-12-11(17-16-13)6-3-7-14-12/h1-10H,11H2,(H,20,21);2-9H,1H3,(H,17,18);2*2-7H,1H3,(H,16,17);2-7H,1H3,(H,16,17);2-8H,1H3,(H,15,16). The Balaban J connectivity index is 0.000000118. The monoisotopic (exact) mass is 1680 g/mol. The third kappa shape index (κ3) is 20.5. The number of benzene rings is 6. The minimum absolute atomic E-state index is 0.199. The zero-order valence-corrected chi connectivity index (χ0v) is 66.2. The first-order chi connectivity index (χ1) is 57.9. The predicted molar refractivity (Wildman–Crippen MR) is 450 cm³/mol. The first kappa shape index (κ1) is 80.8. The van der Waals surface area contributed by atoms with E-state index in [4.69, 9.17) is 76.2 Å². The predicted octanol–water partition coefficient (Wildman–Crippen LogP) is 21.4. The van der Waals surface area contributed by atoms with Crippen molar-refractivity contribution < 1.29 is 58.5 Å². The summed E-state index contributed by atoms with van der Waals surface area (Å²) in [5, 5.41) is 43.6. The van der Waals surface area contributed by atoms with Crippen LogP contribution in [0.1, 0.15) is 23.6 Å². The van der Waals surface area contributed by atoms with Gasteiger partial charge >= 0.3 is 0 Å². The summed E-state index contributed by atoms with van der Waals surface area (Å²) in [5.41, 5.74) is 14.4. The van der Waals surface area contributed by atoms with Gasteiger partial charge in [0.25, 0.3) is 0 Å². The average Bonchev–Trinajstić information content (AvgIpc) is 1.70. The smallest absolute Gasteiger partial charge is 0.242 e. The summed E-state index contributed by atoms with van der Waals surface area (Å²) in [6, 6.07) is 60.6. The normalized spacial score (nSPS) is 11.2. The van der Waals surface area contributed by atoms with E-state index in [1.807, 2.05) is 73.7 Å². The van der Waals surface area contributed by atoms with E-state index >= 15 is 0 Å². The molecule has 0 aliphatic rings. The lowest BCUT2D eigenvalue weighted by Crippen LogP contribution is -2.13. The van der Waals surface area contributed by atoms with E-state index in [9.17, 15) is 17.2 Å². The van der Waals surface area contributed by atoms with E-state index < -0.39 is 16.4 Å². The lowest BCUT2D eigenvalue weighted by Gasteiger charge is -2.08. The Morgan fingerprint density at radius 2 is 0.798 bits per heavy atom. The van der Waals surface area contributed by atoms with Gasteiger partial charge in [-0.05, 0) is 182 Å². The number of nitrogens with zero attached hydrogens (tertiary/aromatic N) is 13. The molecule has 0 radical (unpaired) electrons. The third-order valence-corrected chi connectivity index (χ3v) is 19.4. The second-order valence-corrected chi connectivity index (χ2v) is 28.4. The Morgan fingerprint density at radius 1 is 0.403 bits per heavy atom. The van der Waals surface area contributed by atoms with Crippen LogP contribution in [0, 0.1) is 19.7 Å². The van der Waals surface area contributed by atoms with Crippen LogP contribution < -0.4 is 46.1 Å². The number of pyridine rings is 6. The van der Waals surface area contributed by atoms with Crippen LogP contribution in [0.25, 0.3) is 66.6 Å². The number of anilines is 12. The van der Waals surface area contributed by atoms with E-state index in [1.165, 1.54) is 30.9 Å². The van der Waals surface area contributed by atoms with E-state index in [0.717, 1.165) is 26.6 Å². The molecule has 19 rings (SSSR count). The minimum Gasteiger partial charge on any atom is -0.495 e. The quantitative estimate of drug-likeness (QED) is 0.0438. The minimum atomic E-state index is -3.60. The van der Waals surface area contributed by atoms with E-state index in [1.54, 1.807) is 192 Å². The van der Waals surface area contributed by atoms with Crippen molar-refractivity contribution in [1.82, 2.24) is 64.8 Å². The molecular weight excluding hydrogens is 1620 g/mol. The fraction of sp³-hybridized carbons (Fsp3) is 0.0843. The van der Waals surface area contributed by atoms with Gasteiger partial charge in [0.05, 0.1) is 35.7 Å². The number of nitrogens with one attached hydrogen (secondary N) is 6. The maximum atomic E-state index is 13.4. The van der Waals surface area contributed by atoms with Gasteiger partial charge in [0, 0.05) is 102 Å². The number of hydrogen-bond donors (Lipinski definition) is 6. The van der Waals surface area contributed by atoms with E-state index in [-0.39, 0.29) is 11.6 Å². The van der Waals surface area contributed by atoms with Crippen molar-refractivity contribution in [2.75, 3.05) is 46.1 Å². The number of hydrogen-bond acceptors (Lipinski definition) is 29. The topological polar surface area (TPSA) is 372 Å². The van der Waals surface area contributed by atoms with Crippen molar-refractivity contribution in [2.45, 2.75) is 32.9 Å². The summed E-state index contributed by atoms with van der Waals surface area (Å²) in [5.74, 6) is 4.34. The molecule has 30 nitrogen and oxygen atoms in total. The lowest BCUT2D eigenvalue weighted by molar-refractivity contribution is 0.0861. The fourth-order valence-corrected chi connectivity index (χ4v) is 13.3. The molecule has 6 aromatic carbocycles. The summed E-state index contributed by atoms with van der Waals surface area (Å²) < 4.78 is 98.8. The van der Waals surface area contributed by atoms with Gasteiger partial charge in [0.15, 0.2) is 84.1 Å². The van der Waals surface area contributed by atoms with Crippen molar-refractivity contribution in [1.29, 1.82) is 0 Å². The van der Waals surface area contributed by atoms with Crippen molar-refractivity contribution in [3.63, 3.8) is 0 Å². The molecule has 13 aromatic heterocycles. The maximum absolute atomic E-state index is 13.4. The number of ether oxygens (including phenoxy) is 3. The molecule has 6 N–H and O–H groups in total. The summed E-state index contributed by atoms with van der Waals surface area (Å²) in [6.45, 7) is 5.09. The van der Waals surface area contributed by atoms with Crippen LogP contribution in [0.15, 0.2) is 283 Å². The molecule has 0 amide bonds. The Bertz CT molecular complexity index is 6810. The summed E-state index contributed by atoms with van der Waals surface area (Å²) >= 11 is 18.1. The van der Waals surface area contributed by atoms with Gasteiger partial charge in [-0.1, -0.05) is 108 Å². The van der Waals surface area contributed by atoms with E-state index in [0.29, 0.717) is 156 Å². The summed E-state index contributed by atoms with van der Waals surface area (Å²) in [7, 11) is -0.463. The van der Waals surface area contributed by atoms with Gasteiger partial charge in [-0.15, -0.1) is 0 Å². The second kappa shape index (κ2) is 37.7. The molecule has 0 saturated carbocycles. The number of rotatable bonds is 19. The molecule has 13 heterocycles. The zero-order valence-electron chi connectivity index (χ0n) is 63.1. The number of halogens is 5. The van der Waals surface area contributed by atoms with Crippen LogP contribution >= 0.6 is 34.8 Å². The molecule has 0 fully saturated rings. The molecule has 0 spiro atoms. The van der Waals surface area contributed by atoms with Crippen LogP contribution in [-0.2, 0) is 15.8 Å². The average molecular weight is 1680 g/mol. The third-order valence-electron chi connectivity index (χ3n) is 16.9. The molecule has 36 heteroatoms. The van der Waals surface area contributed by atoms with Gasteiger partial charge in [-0.25, -0.2) is 47.1 Å². The lowest BCUT2D eigenvalue weighted by atomic mass is 10.2. The highest BCUT2D eigenvalue weighted by Gasteiger charge is 2.20. The first-order valence-electron chi connectivity index (χ1n) is 35.8. The van der Waals surface area contributed by atoms with Crippen LogP contribution in [0.4, 0.5) is 77.8 Å². The molecule has 0 bridgehead atoms. The molecule has 119 heavy (non-hydrogen) atoms. The van der Waals surface area contributed by atoms with Crippen molar-refractivity contribution >= 4 is 180 Å². The summed E-state index contributed by atoms with van der Waals surface area (Å²) in [4.78, 5) is 25.2. The Kier molecular flexibility index (Phi) is 25.6. The van der Waals surface area contributed by atoms with Crippen LogP contribution in [0.3, 0.4) is 0 Å². The Labute approximate surface area is 689 Å². The van der Waals surface area contributed by atoms with Crippen LogP contribution in [0.5, 0.6) is 17.2 Å². The first-order valence-corrected chi connectivity index (χ1v) is 38.5. The SMILES string of the molecule is CC(F)Oc1cccc(Nc2noc3cccnc23)c1.COc1cc(Nc2noc3cccnc23)ccc1Cl.COc1ccc(Nc2noc3cccnc23)cc1Cl.Cc1ccc(Nc2noc3cccnc23)cc1F.Cc1cccc(Nc2noc3cccnc23)c1.O=S(=O)(Cc1ccccc1Cl)n1ccc(Nc2noc3cccnc23)c1. The number of aromatic nitrogens is 13. The molecule has 19 aromatic rings. The number of methoxy groups -OCH3 is 2. The van der Waals surface area contributed by atoms with Gasteiger partial charge < -0.3 is 73.2 Å². The number of aryl methyl sites for hydroxylation is 2. The van der Waals surface area contributed by atoms with Gasteiger partial charge in [-0.2, -0.15) is 0 Å². The molecular formula is C83H66Cl3F2N19O11S. The maximum Gasteiger partial charge on any atom is 0.242 e. The molecule has 600 valence electrons. The van der Waals surface area contributed by atoms with Crippen LogP contribution in [-0.4, -0.2) is 93.8 Å². The number of alkyl halides is 1. The summed E-state index contributed by atoms with van der Waals surface area (Å²) in [6.07, 6.45) is 11.6. The van der Waals surface area contributed by atoms with Crippen molar-refractivity contribution in [3.05, 3.63) is 293 Å². The van der Waals surface area contributed by atoms with Crippen molar-refractivity contribution in [2.24, 2.45) is 0 Å². The number of fused-ring (bicyclic) bond motifs is 6. The molecule has 0 aliphatic heterocycles. The van der Waals surface area contributed by atoms with Crippen LogP contribution in [0.2, 0.25) is 15.1 Å². The van der Waals surface area contributed by atoms with E-state index in [2.05, 4.69) is 92.7 Å². The highest BCUT2D eigenvalue weighted by Crippen LogP contribution is 2.35.